The molecule has 1 aliphatic rings. The van der Waals surface area contributed by atoms with E-state index < -0.39 is 0 Å². The molecule has 0 bridgehead atoms. The van der Waals surface area contributed by atoms with Crippen LogP contribution in [0.4, 0.5) is 0 Å². The van der Waals surface area contributed by atoms with E-state index in [4.69, 9.17) is 0 Å². The van der Waals surface area contributed by atoms with Crippen molar-refractivity contribution in [3.63, 3.8) is 0 Å². The Morgan fingerprint density at radius 2 is 1.94 bits per heavy atom. The number of hydrogen-bond acceptors (Lipinski definition) is 1. The van der Waals surface area contributed by atoms with E-state index in [1.54, 1.807) is 0 Å². The molecule has 16 heavy (non-hydrogen) atoms. The van der Waals surface area contributed by atoms with E-state index in [2.05, 4.69) is 36.3 Å². The average Bonchev–Trinajstić information content (AvgIpc) is 2.44. The summed E-state index contributed by atoms with van der Waals surface area (Å²) in [7, 11) is 0. The van der Waals surface area contributed by atoms with Gasteiger partial charge in [0.05, 0.1) is 12.6 Å². The number of pyridine rings is 1. The van der Waals surface area contributed by atoms with Crippen molar-refractivity contribution in [1.29, 1.82) is 0 Å². The average molecular weight is 219 g/mol. The minimum Gasteiger partial charge on any atom is -0.344 e. The minimum atomic E-state index is 0.795. The summed E-state index contributed by atoms with van der Waals surface area (Å²) >= 11 is 0. The number of nitrogens with two attached hydrogens (primary N) is 1. The molecule has 0 aliphatic carbocycles. The Morgan fingerprint density at radius 1 is 1.19 bits per heavy atom. The van der Waals surface area contributed by atoms with Crippen LogP contribution in [0.3, 0.4) is 0 Å². The van der Waals surface area contributed by atoms with Crippen LogP contribution < -0.4 is 5.32 Å². The molecule has 2 nitrogen and oxygen atoms in total. The van der Waals surface area contributed by atoms with Crippen molar-refractivity contribution in [3.05, 3.63) is 29.1 Å². The fourth-order valence-corrected chi connectivity index (χ4v) is 2.73. The molecule has 1 fully saturated rings. The highest BCUT2D eigenvalue weighted by Crippen LogP contribution is 2.11. The molecular formula is C14H23N2+. The highest BCUT2D eigenvalue weighted by atomic mass is 14.9. The topological polar surface area (TPSA) is 29.5 Å². The fraction of sp³-hybridized carbons (Fsp3) is 0.643. The Bertz CT molecular complexity index is 318. The van der Waals surface area contributed by atoms with Crippen molar-refractivity contribution in [2.75, 3.05) is 6.54 Å². The van der Waals surface area contributed by atoms with Gasteiger partial charge in [-0.05, 0) is 57.2 Å². The lowest BCUT2D eigenvalue weighted by atomic mass is 10.0. The lowest BCUT2D eigenvalue weighted by molar-refractivity contribution is -0.687. The molecule has 0 radical (unpaired) electrons. The van der Waals surface area contributed by atoms with Gasteiger partial charge in [0, 0.05) is 17.8 Å². The first-order valence-corrected chi connectivity index (χ1v) is 6.51. The summed E-state index contributed by atoms with van der Waals surface area (Å²) in [5, 5.41) is 2.54. The van der Waals surface area contributed by atoms with Gasteiger partial charge >= 0.3 is 0 Å². The molecule has 1 saturated heterocycles. The summed E-state index contributed by atoms with van der Waals surface area (Å²) in [6, 6.07) is 5.28. The van der Waals surface area contributed by atoms with Crippen molar-refractivity contribution in [2.45, 2.75) is 52.0 Å². The molecule has 1 atom stereocenters. The van der Waals surface area contributed by atoms with Crippen molar-refractivity contribution in [1.82, 2.24) is 4.98 Å². The molecule has 2 heterocycles. The zero-order valence-electron chi connectivity index (χ0n) is 10.5. The third kappa shape index (κ3) is 3.31. The lowest BCUT2D eigenvalue weighted by Gasteiger charge is -2.13. The molecule has 0 spiro atoms. The van der Waals surface area contributed by atoms with Crippen molar-refractivity contribution < 1.29 is 5.32 Å². The first-order valence-electron chi connectivity index (χ1n) is 6.51. The van der Waals surface area contributed by atoms with Crippen LogP contribution in [0.15, 0.2) is 12.1 Å². The Labute approximate surface area is 98.5 Å². The summed E-state index contributed by atoms with van der Waals surface area (Å²) in [5.74, 6) is 0. The highest BCUT2D eigenvalue weighted by molar-refractivity contribution is 5.20. The molecule has 0 amide bonds. The monoisotopic (exact) mass is 219 g/mol. The van der Waals surface area contributed by atoms with E-state index in [1.807, 2.05) is 0 Å². The molecule has 0 unspecified atom stereocenters. The predicted octanol–water partition coefficient (Wildman–Crippen LogP) is 1.75. The van der Waals surface area contributed by atoms with Crippen molar-refractivity contribution in [2.24, 2.45) is 0 Å². The van der Waals surface area contributed by atoms with Gasteiger partial charge in [0.25, 0.3) is 0 Å². The quantitative estimate of drug-likeness (QED) is 0.807. The van der Waals surface area contributed by atoms with Crippen LogP contribution >= 0.6 is 0 Å². The second-order valence-electron chi connectivity index (χ2n) is 5.10. The number of rotatable bonds is 2. The standard InChI is InChI=1S/C14H22N2/c1-11-8-13(9-12(2)16-11)10-14-6-4-3-5-7-15-14/h8-9,14-15H,3-7,10H2,1-2H3/p+1/t14-/m0/s1. The Balaban J connectivity index is 2.01. The molecule has 0 saturated carbocycles. The third-order valence-electron chi connectivity index (χ3n) is 3.42. The number of quaternary nitrogens is 1. The Hall–Kier alpha value is -0.890. The molecular weight excluding hydrogens is 196 g/mol. The number of nitrogens with zero attached hydrogens (tertiary/aromatic N) is 1. The van der Waals surface area contributed by atoms with Gasteiger partial charge in [-0.2, -0.15) is 0 Å². The van der Waals surface area contributed by atoms with E-state index in [1.165, 1.54) is 44.2 Å². The number of aromatic nitrogens is 1. The van der Waals surface area contributed by atoms with Crippen LogP contribution in [0.25, 0.3) is 0 Å². The molecule has 1 aliphatic heterocycles. The minimum absolute atomic E-state index is 0.795. The van der Waals surface area contributed by atoms with E-state index >= 15 is 0 Å². The molecule has 2 rings (SSSR count). The Kier molecular flexibility index (Phi) is 3.94. The van der Waals surface area contributed by atoms with Gasteiger partial charge in [-0.25, -0.2) is 0 Å². The first-order chi connectivity index (χ1) is 7.74. The van der Waals surface area contributed by atoms with Gasteiger partial charge < -0.3 is 5.32 Å². The maximum atomic E-state index is 4.44. The zero-order valence-corrected chi connectivity index (χ0v) is 10.5. The molecule has 0 aromatic carbocycles. The van der Waals surface area contributed by atoms with Crippen molar-refractivity contribution >= 4 is 0 Å². The SMILES string of the molecule is Cc1cc(C[C@@H]2CCCCC[NH2+]2)cc(C)n1. The Morgan fingerprint density at radius 3 is 2.69 bits per heavy atom. The van der Waals surface area contributed by atoms with E-state index in [9.17, 15) is 0 Å². The molecule has 88 valence electrons. The van der Waals surface area contributed by atoms with E-state index in [-0.39, 0.29) is 0 Å². The van der Waals surface area contributed by atoms with Crippen molar-refractivity contribution in [3.8, 4) is 0 Å². The van der Waals surface area contributed by atoms with Gasteiger partial charge in [-0.3, -0.25) is 4.98 Å². The van der Waals surface area contributed by atoms with Gasteiger partial charge in [0.2, 0.25) is 0 Å². The zero-order chi connectivity index (χ0) is 11.4. The largest absolute Gasteiger partial charge is 0.344 e. The van der Waals surface area contributed by atoms with E-state index in [0.717, 1.165) is 17.4 Å². The third-order valence-corrected chi connectivity index (χ3v) is 3.42. The predicted molar refractivity (Wildman–Crippen MR) is 66.5 cm³/mol. The van der Waals surface area contributed by atoms with Crippen LogP contribution in [0.2, 0.25) is 0 Å². The van der Waals surface area contributed by atoms with Crippen LogP contribution in [0, 0.1) is 13.8 Å². The molecule has 1 aromatic heterocycles. The van der Waals surface area contributed by atoms with Gasteiger partial charge in [0.15, 0.2) is 0 Å². The van der Waals surface area contributed by atoms with Gasteiger partial charge in [-0.1, -0.05) is 0 Å². The maximum absolute atomic E-state index is 4.44. The summed E-state index contributed by atoms with van der Waals surface area (Å²) in [5.41, 5.74) is 3.78. The molecule has 2 heteroatoms. The molecule has 2 N–H and O–H groups in total. The lowest BCUT2D eigenvalue weighted by Crippen LogP contribution is -2.90. The van der Waals surface area contributed by atoms with Crippen LogP contribution in [-0.2, 0) is 6.42 Å². The van der Waals surface area contributed by atoms with Crippen LogP contribution in [0.1, 0.15) is 42.6 Å². The number of aryl methyl sites for hydroxylation is 2. The summed E-state index contributed by atoms with van der Waals surface area (Å²) < 4.78 is 0. The summed E-state index contributed by atoms with van der Waals surface area (Å²) in [6.45, 7) is 5.49. The first kappa shape index (κ1) is 11.6. The molecule has 1 aromatic rings. The second-order valence-corrected chi connectivity index (χ2v) is 5.10. The normalized spacial score (nSPS) is 21.8. The summed E-state index contributed by atoms with van der Waals surface area (Å²) in [4.78, 5) is 4.44. The fourth-order valence-electron chi connectivity index (χ4n) is 2.73. The summed E-state index contributed by atoms with van der Waals surface area (Å²) in [6.07, 6.45) is 6.81. The smallest absolute Gasteiger partial charge is 0.0899 e. The van der Waals surface area contributed by atoms with E-state index in [0.29, 0.717) is 0 Å². The van der Waals surface area contributed by atoms with Crippen LogP contribution in [0.5, 0.6) is 0 Å². The van der Waals surface area contributed by atoms with Gasteiger partial charge in [-0.15, -0.1) is 0 Å². The van der Waals surface area contributed by atoms with Crippen LogP contribution in [-0.4, -0.2) is 17.6 Å². The van der Waals surface area contributed by atoms with Gasteiger partial charge in [0.1, 0.15) is 0 Å². The second kappa shape index (κ2) is 5.44. The highest BCUT2D eigenvalue weighted by Gasteiger charge is 2.15. The maximum Gasteiger partial charge on any atom is 0.0899 e. The number of hydrogen-bond donors (Lipinski definition) is 1.